The molecule has 1 amide bonds. The largest absolute Gasteiger partial charge is 0.490 e. The van der Waals surface area contributed by atoms with Gasteiger partial charge < -0.3 is 18.9 Å². The molecule has 7 nitrogen and oxygen atoms in total. The van der Waals surface area contributed by atoms with E-state index >= 15 is 0 Å². The van der Waals surface area contributed by atoms with Gasteiger partial charge in [0.25, 0.3) is 11.5 Å². The van der Waals surface area contributed by atoms with Crippen LogP contribution >= 0.6 is 0 Å². The van der Waals surface area contributed by atoms with E-state index in [2.05, 4.69) is 4.98 Å². The number of benzene rings is 2. The van der Waals surface area contributed by atoms with E-state index < -0.39 is 0 Å². The highest BCUT2D eigenvalue weighted by Gasteiger charge is 2.31. The predicted octanol–water partition coefficient (Wildman–Crippen LogP) is 3.86. The van der Waals surface area contributed by atoms with E-state index in [1.54, 1.807) is 23.6 Å². The molecule has 2 aliphatic rings. The summed E-state index contributed by atoms with van der Waals surface area (Å²) in [7, 11) is 0. The number of aryl methyl sites for hydroxylation is 2. The molecule has 1 atom stereocenters. The van der Waals surface area contributed by atoms with Crippen LogP contribution in [-0.4, -0.2) is 40.1 Å². The van der Waals surface area contributed by atoms with Gasteiger partial charge in [-0.05, 0) is 62.6 Å². The van der Waals surface area contributed by atoms with Gasteiger partial charge in [0, 0.05) is 25.1 Å². The van der Waals surface area contributed by atoms with Crippen LogP contribution in [0.2, 0.25) is 0 Å². The third-order valence-corrected chi connectivity index (χ3v) is 6.34. The maximum Gasteiger partial charge on any atom is 0.272 e. The van der Waals surface area contributed by atoms with E-state index in [0.29, 0.717) is 43.1 Å². The number of nitrogens with zero attached hydrogens (tertiary/aromatic N) is 3. The third-order valence-electron chi connectivity index (χ3n) is 6.34. The molecule has 0 N–H and O–H groups in total. The van der Waals surface area contributed by atoms with Crippen LogP contribution in [0.5, 0.6) is 11.5 Å². The zero-order valence-electron chi connectivity index (χ0n) is 18.5. The van der Waals surface area contributed by atoms with Crippen LogP contribution in [0.25, 0.3) is 11.0 Å². The van der Waals surface area contributed by atoms with Crippen molar-refractivity contribution in [3.8, 4) is 11.5 Å². The van der Waals surface area contributed by atoms with E-state index in [-0.39, 0.29) is 17.5 Å². The fourth-order valence-electron chi connectivity index (χ4n) is 4.73. The minimum absolute atomic E-state index is 0.00496. The van der Waals surface area contributed by atoms with Crippen LogP contribution < -0.4 is 15.0 Å². The first kappa shape index (κ1) is 20.5. The Bertz CT molecular complexity index is 1250. The standard InChI is InChI=1S/C25H27N3O4/c1-3-27-21-9-7-18(14-19(21)26-16(2)24(27)29)25(30)28-11-4-6-20(28)17-8-10-22-23(15-17)32-13-5-12-31-22/h7-10,14-15,20H,3-6,11-13H2,1-2H3/t20-/m1/s1. The summed E-state index contributed by atoms with van der Waals surface area (Å²) in [5, 5.41) is 0. The van der Waals surface area contributed by atoms with Crippen LogP contribution in [0.4, 0.5) is 0 Å². The zero-order chi connectivity index (χ0) is 22.2. The molecule has 7 heteroatoms. The number of hydrogen-bond donors (Lipinski definition) is 0. The molecule has 0 saturated carbocycles. The van der Waals surface area contributed by atoms with E-state index in [9.17, 15) is 9.59 Å². The number of hydrogen-bond acceptors (Lipinski definition) is 5. The maximum absolute atomic E-state index is 13.5. The van der Waals surface area contributed by atoms with E-state index in [0.717, 1.165) is 41.8 Å². The van der Waals surface area contributed by atoms with Crippen LogP contribution in [0.1, 0.15) is 53.8 Å². The number of carbonyl (C=O) groups excluding carboxylic acids is 1. The fourth-order valence-corrected chi connectivity index (χ4v) is 4.73. The van der Waals surface area contributed by atoms with Crippen molar-refractivity contribution in [3.05, 3.63) is 63.6 Å². The van der Waals surface area contributed by atoms with Crippen molar-refractivity contribution in [3.63, 3.8) is 0 Å². The Balaban J connectivity index is 1.47. The summed E-state index contributed by atoms with van der Waals surface area (Å²) in [5.74, 6) is 1.50. The molecule has 1 aromatic heterocycles. The minimum atomic E-state index is -0.0897. The number of amides is 1. The highest BCUT2D eigenvalue weighted by molar-refractivity contribution is 5.97. The lowest BCUT2D eigenvalue weighted by Gasteiger charge is -2.26. The predicted molar refractivity (Wildman–Crippen MR) is 121 cm³/mol. The first-order chi connectivity index (χ1) is 15.6. The lowest BCUT2D eigenvalue weighted by molar-refractivity contribution is 0.0735. The number of aromatic nitrogens is 2. The van der Waals surface area contributed by atoms with Crippen LogP contribution in [-0.2, 0) is 6.54 Å². The summed E-state index contributed by atoms with van der Waals surface area (Å²) in [6.07, 6.45) is 2.72. The molecule has 32 heavy (non-hydrogen) atoms. The molecule has 3 aromatic rings. The van der Waals surface area contributed by atoms with Crippen molar-refractivity contribution < 1.29 is 14.3 Å². The highest BCUT2D eigenvalue weighted by atomic mass is 16.5. The SMILES string of the molecule is CCn1c(=O)c(C)nc2cc(C(=O)N3CCC[C@@H]3c3ccc4c(c3)OCCCO4)ccc21. The quantitative estimate of drug-likeness (QED) is 0.627. The Hall–Kier alpha value is -3.35. The van der Waals surface area contributed by atoms with Crippen molar-refractivity contribution in [1.29, 1.82) is 0 Å². The third kappa shape index (κ3) is 3.51. The van der Waals surface area contributed by atoms with E-state index in [4.69, 9.17) is 9.47 Å². The summed E-state index contributed by atoms with van der Waals surface area (Å²) >= 11 is 0. The number of fused-ring (bicyclic) bond motifs is 2. The molecule has 0 spiro atoms. The number of carbonyl (C=O) groups is 1. The summed E-state index contributed by atoms with van der Waals surface area (Å²) < 4.78 is 13.3. The van der Waals surface area contributed by atoms with Crippen molar-refractivity contribution in [2.24, 2.45) is 0 Å². The molecule has 2 aromatic carbocycles. The molecular formula is C25H27N3O4. The molecule has 0 bridgehead atoms. The number of rotatable bonds is 3. The zero-order valence-corrected chi connectivity index (χ0v) is 18.5. The van der Waals surface area contributed by atoms with Crippen LogP contribution in [0.3, 0.4) is 0 Å². The van der Waals surface area contributed by atoms with Gasteiger partial charge >= 0.3 is 0 Å². The highest BCUT2D eigenvalue weighted by Crippen LogP contribution is 2.38. The molecule has 1 saturated heterocycles. The molecule has 2 aliphatic heterocycles. The normalized spacial score (nSPS) is 18.1. The summed E-state index contributed by atoms with van der Waals surface area (Å²) in [5.41, 5.74) is 3.42. The van der Waals surface area contributed by atoms with E-state index in [1.807, 2.05) is 36.1 Å². The lowest BCUT2D eigenvalue weighted by atomic mass is 10.0. The Kier molecular flexibility index (Phi) is 5.33. The van der Waals surface area contributed by atoms with Gasteiger partial charge in [-0.1, -0.05) is 6.07 Å². The second kappa shape index (κ2) is 8.30. The molecular weight excluding hydrogens is 406 g/mol. The van der Waals surface area contributed by atoms with Crippen molar-refractivity contribution in [2.45, 2.75) is 45.7 Å². The Morgan fingerprint density at radius 2 is 1.91 bits per heavy atom. The summed E-state index contributed by atoms with van der Waals surface area (Å²) in [6.45, 7) is 6.20. The molecule has 3 heterocycles. The Morgan fingerprint density at radius 1 is 1.09 bits per heavy atom. The van der Waals surface area contributed by atoms with Gasteiger partial charge in [-0.25, -0.2) is 4.98 Å². The average Bonchev–Trinajstić information content (AvgIpc) is 3.17. The van der Waals surface area contributed by atoms with Crippen LogP contribution in [0.15, 0.2) is 41.2 Å². The lowest BCUT2D eigenvalue weighted by Crippen LogP contribution is -2.30. The molecule has 1 fully saturated rings. The van der Waals surface area contributed by atoms with Crippen LogP contribution in [0, 0.1) is 6.92 Å². The number of likely N-dealkylation sites (tertiary alicyclic amines) is 1. The minimum Gasteiger partial charge on any atom is -0.490 e. The first-order valence-corrected chi connectivity index (χ1v) is 11.3. The van der Waals surface area contributed by atoms with Gasteiger partial charge in [0.05, 0.1) is 30.3 Å². The summed E-state index contributed by atoms with van der Waals surface area (Å²) in [4.78, 5) is 32.3. The smallest absolute Gasteiger partial charge is 0.272 e. The molecule has 0 unspecified atom stereocenters. The molecule has 0 radical (unpaired) electrons. The Labute approximate surface area is 186 Å². The van der Waals surface area contributed by atoms with Gasteiger partial charge in [0.1, 0.15) is 5.69 Å². The van der Waals surface area contributed by atoms with Crippen molar-refractivity contribution in [2.75, 3.05) is 19.8 Å². The van der Waals surface area contributed by atoms with Crippen molar-refractivity contribution >= 4 is 16.9 Å². The second-order valence-corrected chi connectivity index (χ2v) is 8.36. The van der Waals surface area contributed by atoms with Gasteiger partial charge in [0.2, 0.25) is 0 Å². The number of ether oxygens (including phenoxy) is 2. The van der Waals surface area contributed by atoms with Gasteiger partial charge in [-0.2, -0.15) is 0 Å². The molecule has 0 aliphatic carbocycles. The van der Waals surface area contributed by atoms with Crippen molar-refractivity contribution in [1.82, 2.24) is 14.5 Å². The molecule has 5 rings (SSSR count). The monoisotopic (exact) mass is 433 g/mol. The average molecular weight is 434 g/mol. The maximum atomic E-state index is 13.5. The van der Waals surface area contributed by atoms with Gasteiger partial charge in [-0.3, -0.25) is 9.59 Å². The van der Waals surface area contributed by atoms with Gasteiger partial charge in [0.15, 0.2) is 11.5 Å². The first-order valence-electron chi connectivity index (χ1n) is 11.3. The topological polar surface area (TPSA) is 73.7 Å². The second-order valence-electron chi connectivity index (χ2n) is 8.36. The molecule has 166 valence electrons. The summed E-state index contributed by atoms with van der Waals surface area (Å²) in [6, 6.07) is 11.4. The van der Waals surface area contributed by atoms with Gasteiger partial charge in [-0.15, -0.1) is 0 Å². The Morgan fingerprint density at radius 3 is 2.72 bits per heavy atom. The van der Waals surface area contributed by atoms with E-state index in [1.165, 1.54) is 0 Å². The fraction of sp³-hybridized carbons (Fsp3) is 0.400.